The standard InChI is InChI=1S/C22H20F3N3O6S2/c1-14-6-7-18(27-21(29)26-17-5-3-4-15(12-17)22(23,24)25)13-20(14)36(32,33)28-16-8-10-19(11-9-16)34-35(2,30)31/h3-13,28H,1-2H3,(H2,26,27,29). The zero-order valence-corrected chi connectivity index (χ0v) is 20.4. The fraction of sp³-hybridized carbons (Fsp3) is 0.136. The summed E-state index contributed by atoms with van der Waals surface area (Å²) in [5.41, 5.74) is -0.500. The zero-order chi connectivity index (χ0) is 26.7. The van der Waals surface area contributed by atoms with Crippen LogP contribution in [0, 0.1) is 6.92 Å². The average Bonchev–Trinajstić information content (AvgIpc) is 2.75. The predicted molar refractivity (Wildman–Crippen MR) is 128 cm³/mol. The number of amides is 2. The van der Waals surface area contributed by atoms with Gasteiger partial charge in [0.25, 0.3) is 10.0 Å². The molecule has 0 spiro atoms. The molecule has 9 nitrogen and oxygen atoms in total. The van der Waals surface area contributed by atoms with Gasteiger partial charge in [0.2, 0.25) is 0 Å². The molecule has 0 aliphatic rings. The first kappa shape index (κ1) is 26.8. The van der Waals surface area contributed by atoms with Crippen LogP contribution >= 0.6 is 0 Å². The van der Waals surface area contributed by atoms with Gasteiger partial charge in [-0.25, -0.2) is 13.2 Å². The van der Waals surface area contributed by atoms with Gasteiger partial charge in [-0.15, -0.1) is 0 Å². The third kappa shape index (κ3) is 7.36. The van der Waals surface area contributed by atoms with Crippen LogP contribution in [-0.4, -0.2) is 29.1 Å². The highest BCUT2D eigenvalue weighted by molar-refractivity contribution is 7.92. The Kier molecular flexibility index (Phi) is 7.50. The SMILES string of the molecule is Cc1ccc(NC(=O)Nc2cccc(C(F)(F)F)c2)cc1S(=O)(=O)Nc1ccc(OS(C)(=O)=O)cc1. The Morgan fingerprint density at radius 1 is 0.833 bits per heavy atom. The molecule has 0 aromatic heterocycles. The van der Waals surface area contributed by atoms with Crippen LogP contribution in [-0.2, 0) is 26.3 Å². The topological polar surface area (TPSA) is 131 Å². The normalized spacial score (nSPS) is 12.0. The van der Waals surface area contributed by atoms with Crippen molar-refractivity contribution >= 4 is 43.2 Å². The summed E-state index contributed by atoms with van der Waals surface area (Å²) in [5.74, 6) is -0.00499. The van der Waals surface area contributed by atoms with Crippen molar-refractivity contribution in [2.45, 2.75) is 18.0 Å². The number of hydrogen-bond donors (Lipinski definition) is 3. The van der Waals surface area contributed by atoms with Gasteiger partial charge in [-0.2, -0.15) is 21.6 Å². The summed E-state index contributed by atoms with van der Waals surface area (Å²) < 4.78 is 93.9. The van der Waals surface area contributed by atoms with E-state index in [-0.39, 0.29) is 27.7 Å². The minimum Gasteiger partial charge on any atom is -0.383 e. The number of carbonyl (C=O) groups is 1. The van der Waals surface area contributed by atoms with E-state index in [2.05, 4.69) is 15.4 Å². The number of carbonyl (C=O) groups excluding carboxylic acids is 1. The van der Waals surface area contributed by atoms with Gasteiger partial charge in [0.15, 0.2) is 0 Å². The van der Waals surface area contributed by atoms with Crippen LogP contribution in [0.25, 0.3) is 0 Å². The number of nitrogens with one attached hydrogen (secondary N) is 3. The second kappa shape index (κ2) is 10.1. The molecule has 0 bridgehead atoms. The molecule has 0 aliphatic carbocycles. The Hall–Kier alpha value is -3.78. The van der Waals surface area contributed by atoms with E-state index in [4.69, 9.17) is 4.18 Å². The van der Waals surface area contributed by atoms with Crippen molar-refractivity contribution in [2.75, 3.05) is 21.6 Å². The van der Waals surface area contributed by atoms with E-state index in [1.54, 1.807) is 0 Å². The number of aryl methyl sites for hydroxylation is 1. The first-order valence-electron chi connectivity index (χ1n) is 10.0. The maximum atomic E-state index is 12.9. The molecule has 0 radical (unpaired) electrons. The molecule has 36 heavy (non-hydrogen) atoms. The van der Waals surface area contributed by atoms with Crippen LogP contribution < -0.4 is 19.5 Å². The third-order valence-corrected chi connectivity index (χ3v) is 6.56. The van der Waals surface area contributed by atoms with E-state index in [9.17, 15) is 34.8 Å². The molecule has 0 unspecified atom stereocenters. The van der Waals surface area contributed by atoms with Gasteiger partial charge in [-0.05, 0) is 67.1 Å². The third-order valence-electron chi connectivity index (χ3n) is 4.54. The van der Waals surface area contributed by atoms with Crippen molar-refractivity contribution in [1.82, 2.24) is 0 Å². The van der Waals surface area contributed by atoms with Crippen LogP contribution in [0.5, 0.6) is 5.75 Å². The molecule has 2 amide bonds. The van der Waals surface area contributed by atoms with Crippen molar-refractivity contribution in [3.8, 4) is 5.75 Å². The smallest absolute Gasteiger partial charge is 0.383 e. The fourth-order valence-corrected chi connectivity index (χ4v) is 4.79. The van der Waals surface area contributed by atoms with Gasteiger partial charge in [0.1, 0.15) is 5.75 Å². The molecule has 192 valence electrons. The van der Waals surface area contributed by atoms with Gasteiger partial charge >= 0.3 is 22.3 Å². The number of halogens is 3. The second-order valence-electron chi connectivity index (χ2n) is 7.56. The van der Waals surface area contributed by atoms with E-state index in [0.717, 1.165) is 24.5 Å². The first-order valence-corrected chi connectivity index (χ1v) is 13.3. The molecule has 0 atom stereocenters. The summed E-state index contributed by atoms with van der Waals surface area (Å²) in [7, 11) is -7.88. The average molecular weight is 544 g/mol. The summed E-state index contributed by atoms with van der Waals surface area (Å²) in [6, 6.07) is 12.4. The molecule has 0 saturated carbocycles. The largest absolute Gasteiger partial charge is 0.416 e. The van der Waals surface area contributed by atoms with Gasteiger partial charge in [-0.1, -0.05) is 12.1 Å². The molecule has 0 heterocycles. The molecule has 0 saturated heterocycles. The number of alkyl halides is 3. The number of benzene rings is 3. The van der Waals surface area contributed by atoms with Gasteiger partial charge < -0.3 is 14.8 Å². The van der Waals surface area contributed by atoms with Gasteiger partial charge in [0.05, 0.1) is 16.7 Å². The summed E-state index contributed by atoms with van der Waals surface area (Å²) in [6.07, 6.45) is -3.71. The quantitative estimate of drug-likeness (QED) is 0.367. The molecular weight excluding hydrogens is 523 g/mol. The highest BCUT2D eigenvalue weighted by atomic mass is 32.2. The maximum Gasteiger partial charge on any atom is 0.416 e. The Labute approximate surface area is 205 Å². The Balaban J connectivity index is 1.74. The molecule has 3 rings (SSSR count). The van der Waals surface area contributed by atoms with E-state index in [1.807, 2.05) is 0 Å². The molecular formula is C22H20F3N3O6S2. The Bertz CT molecular complexity index is 1490. The second-order valence-corrected chi connectivity index (χ2v) is 10.8. The number of urea groups is 1. The molecule has 3 aromatic carbocycles. The van der Waals surface area contributed by atoms with E-state index in [0.29, 0.717) is 5.56 Å². The number of hydrogen-bond acceptors (Lipinski definition) is 6. The van der Waals surface area contributed by atoms with E-state index < -0.39 is 37.9 Å². The van der Waals surface area contributed by atoms with Crippen molar-refractivity contribution in [1.29, 1.82) is 0 Å². The highest BCUT2D eigenvalue weighted by Gasteiger charge is 2.30. The summed E-state index contributed by atoms with van der Waals surface area (Å²) in [6.45, 7) is 1.53. The Morgan fingerprint density at radius 2 is 1.42 bits per heavy atom. The molecule has 3 aromatic rings. The summed E-state index contributed by atoms with van der Waals surface area (Å²) in [4.78, 5) is 12.1. The lowest BCUT2D eigenvalue weighted by molar-refractivity contribution is -0.137. The minimum atomic E-state index is -4.58. The number of rotatable bonds is 7. The van der Waals surface area contributed by atoms with Crippen molar-refractivity contribution < 1.29 is 39.0 Å². The lowest BCUT2D eigenvalue weighted by Gasteiger charge is -2.14. The van der Waals surface area contributed by atoms with Gasteiger partial charge in [-0.3, -0.25) is 4.72 Å². The number of anilines is 3. The van der Waals surface area contributed by atoms with Crippen LogP contribution in [0.15, 0.2) is 71.6 Å². The van der Waals surface area contributed by atoms with Gasteiger partial charge in [0, 0.05) is 17.1 Å². The maximum absolute atomic E-state index is 12.9. The van der Waals surface area contributed by atoms with Crippen molar-refractivity contribution in [3.05, 3.63) is 77.9 Å². The lowest BCUT2D eigenvalue weighted by Crippen LogP contribution is -2.20. The number of sulfonamides is 1. The Morgan fingerprint density at radius 3 is 2.00 bits per heavy atom. The summed E-state index contributed by atoms with van der Waals surface area (Å²) in [5, 5.41) is 4.65. The zero-order valence-electron chi connectivity index (χ0n) is 18.8. The lowest BCUT2D eigenvalue weighted by atomic mass is 10.2. The van der Waals surface area contributed by atoms with Crippen molar-refractivity contribution in [2.24, 2.45) is 0 Å². The molecule has 0 aliphatic heterocycles. The monoisotopic (exact) mass is 543 g/mol. The molecule has 3 N–H and O–H groups in total. The fourth-order valence-electron chi connectivity index (χ4n) is 3.00. The van der Waals surface area contributed by atoms with Crippen LogP contribution in [0.1, 0.15) is 11.1 Å². The van der Waals surface area contributed by atoms with Crippen molar-refractivity contribution in [3.63, 3.8) is 0 Å². The highest BCUT2D eigenvalue weighted by Crippen LogP contribution is 2.31. The minimum absolute atomic E-state index is 0.00499. The van der Waals surface area contributed by atoms with Crippen LogP contribution in [0.4, 0.5) is 35.0 Å². The first-order chi connectivity index (χ1) is 16.6. The van der Waals surface area contributed by atoms with E-state index in [1.165, 1.54) is 55.5 Å². The molecule has 14 heteroatoms. The summed E-state index contributed by atoms with van der Waals surface area (Å²) >= 11 is 0. The van der Waals surface area contributed by atoms with E-state index >= 15 is 0 Å². The van der Waals surface area contributed by atoms with Crippen LogP contribution in [0.2, 0.25) is 0 Å². The van der Waals surface area contributed by atoms with Crippen LogP contribution in [0.3, 0.4) is 0 Å². The predicted octanol–water partition coefficient (Wildman–Crippen LogP) is 4.80. The molecule has 0 fully saturated rings.